The van der Waals surface area contributed by atoms with E-state index in [9.17, 15) is 75.7 Å². The Kier molecular flexibility index (Phi) is 20.0. The van der Waals surface area contributed by atoms with Crippen LogP contribution in [0.3, 0.4) is 0 Å². The van der Waals surface area contributed by atoms with E-state index in [2.05, 4.69) is 47.6 Å². The van der Waals surface area contributed by atoms with Crippen LogP contribution < -0.4 is 0 Å². The minimum Gasteiger partial charge on any atom is -0.479 e. The number of esters is 2. The van der Waals surface area contributed by atoms with E-state index >= 15 is 0 Å². The zero-order valence-electron chi connectivity index (χ0n) is 49.7. The van der Waals surface area contributed by atoms with Gasteiger partial charge in [0.25, 0.3) is 0 Å². The summed E-state index contributed by atoms with van der Waals surface area (Å²) in [5.74, 6) is -1.64. The molecule has 8 aliphatic rings. The molecule has 12 N–H and O–H groups in total. The Bertz CT molecular complexity index is 2390. The SMILES string of the molecule is C/C=C(/C)C(=O)O[C@H]1[C@H](OC(=O)/C(C)=C\C)[C@@]2(CO)C(CC1(C)C)C1=CCC3[C@@]4(C)CC[C@H](C)C(C)(C)C4CC[C@@]3(C)[C@]1(C)[C@@H](O)[C@H]2O.CO[C@@H]1OC(C(=O)O)[C@@H](O)[C@@H](O[C@@H]2O[C@@H](CO)C(O)[C@@H]2O)C1O[C@@H]1OC(CO)[C@H](O)[C@@H](O)C1O. The van der Waals surface area contributed by atoms with Gasteiger partial charge in [-0.25, -0.2) is 14.4 Å². The maximum atomic E-state index is 13.5. The molecule has 0 spiro atoms. The predicted molar refractivity (Wildman–Crippen MR) is 288 cm³/mol. The Balaban J connectivity index is 0.000000251. The van der Waals surface area contributed by atoms with Crippen molar-refractivity contribution in [3.63, 3.8) is 0 Å². The van der Waals surface area contributed by atoms with Gasteiger partial charge in [-0.2, -0.15) is 0 Å². The molecule has 4 saturated carbocycles. The molecule has 5 aliphatic carbocycles. The lowest BCUT2D eigenvalue weighted by Crippen LogP contribution is -2.76. The first-order valence-electron chi connectivity index (χ1n) is 28.9. The van der Waals surface area contributed by atoms with Gasteiger partial charge in [-0.3, -0.25) is 0 Å². The highest BCUT2D eigenvalue weighted by Gasteiger charge is 2.76. The number of carboxylic acids is 1. The summed E-state index contributed by atoms with van der Waals surface area (Å²) in [4.78, 5) is 38.4. The third-order valence-corrected chi connectivity index (χ3v) is 21.9. The fourth-order valence-corrected chi connectivity index (χ4v) is 16.1. The van der Waals surface area contributed by atoms with Crippen LogP contribution in [0.4, 0.5) is 0 Å². The molecule has 23 nitrogen and oxygen atoms in total. The van der Waals surface area contributed by atoms with Crippen LogP contribution in [-0.4, -0.2) is 217 Å². The first kappa shape index (κ1) is 66.5. The first-order valence-corrected chi connectivity index (χ1v) is 28.9. The summed E-state index contributed by atoms with van der Waals surface area (Å²) in [7, 11) is 1.11. The van der Waals surface area contributed by atoms with Gasteiger partial charge in [-0.15, -0.1) is 0 Å². The minimum absolute atomic E-state index is 0.0854. The van der Waals surface area contributed by atoms with Gasteiger partial charge in [0.05, 0.1) is 37.4 Å². The first-order chi connectivity index (χ1) is 38.2. The fraction of sp³-hybridized carbons (Fsp3) is 0.847. The van der Waals surface area contributed by atoms with Crippen molar-refractivity contribution in [2.45, 2.75) is 232 Å². The molecule has 7 fully saturated rings. The van der Waals surface area contributed by atoms with Gasteiger partial charge in [0.15, 0.2) is 31.1 Å². The summed E-state index contributed by atoms with van der Waals surface area (Å²) in [5.41, 5.74) is -1.16. The molecule has 82 heavy (non-hydrogen) atoms. The topological polar surface area (TPSA) is 368 Å². The zero-order valence-corrected chi connectivity index (χ0v) is 49.7. The lowest BCUT2D eigenvalue weighted by molar-refractivity contribution is -0.374. The molecular weight excluding hydrogens is 1080 g/mol. The van der Waals surface area contributed by atoms with Crippen molar-refractivity contribution >= 4 is 17.9 Å². The molecule has 26 atom stereocenters. The fourth-order valence-electron chi connectivity index (χ4n) is 16.1. The molecule has 0 radical (unpaired) electrons. The molecule has 23 heteroatoms. The van der Waals surface area contributed by atoms with Crippen molar-refractivity contribution < 1.29 is 114 Å². The lowest BCUT2D eigenvalue weighted by atomic mass is 9.32. The smallest absolute Gasteiger partial charge is 0.335 e. The number of allylic oxidation sites excluding steroid dienone is 3. The second-order valence-electron chi connectivity index (χ2n) is 26.5. The molecule has 0 amide bonds. The minimum atomic E-state index is -1.97. The lowest BCUT2D eigenvalue weighted by Gasteiger charge is -2.73. The molecule has 0 aromatic heterocycles. The van der Waals surface area contributed by atoms with E-state index in [0.29, 0.717) is 35.3 Å². The van der Waals surface area contributed by atoms with Crippen LogP contribution in [0.2, 0.25) is 0 Å². The molecule has 8 unspecified atom stereocenters. The van der Waals surface area contributed by atoms with Crippen molar-refractivity contribution in [3.05, 3.63) is 34.9 Å². The Morgan fingerprint density at radius 3 is 1.70 bits per heavy atom. The summed E-state index contributed by atoms with van der Waals surface area (Å²) in [6.07, 6.45) is -16.9. The van der Waals surface area contributed by atoms with Crippen molar-refractivity contribution in [2.24, 2.45) is 56.2 Å². The Hall–Kier alpha value is -3.05. The van der Waals surface area contributed by atoms with Gasteiger partial charge in [0, 0.05) is 29.1 Å². The number of fused-ring (bicyclic) bond motifs is 7. The van der Waals surface area contributed by atoms with Gasteiger partial charge >= 0.3 is 17.9 Å². The average molecular weight is 1170 g/mol. The average Bonchev–Trinajstić information content (AvgIpc) is 0.748. The number of rotatable bonds is 13. The van der Waals surface area contributed by atoms with Gasteiger partial charge in [0.2, 0.25) is 0 Å². The number of aliphatic carboxylic acids is 1. The van der Waals surface area contributed by atoms with E-state index in [0.717, 1.165) is 38.4 Å². The van der Waals surface area contributed by atoms with Crippen LogP contribution >= 0.6 is 0 Å². The summed E-state index contributed by atoms with van der Waals surface area (Å²) in [5, 5.41) is 126. The number of aliphatic hydroxyl groups is 11. The van der Waals surface area contributed by atoms with Crippen LogP contribution in [0.15, 0.2) is 34.9 Å². The van der Waals surface area contributed by atoms with Crippen molar-refractivity contribution in [2.75, 3.05) is 26.9 Å². The maximum Gasteiger partial charge on any atom is 0.335 e. The van der Waals surface area contributed by atoms with Crippen LogP contribution in [-0.2, 0) is 52.3 Å². The Labute approximate surface area is 480 Å². The molecule has 3 heterocycles. The van der Waals surface area contributed by atoms with E-state index in [1.807, 2.05) is 13.8 Å². The summed E-state index contributed by atoms with van der Waals surface area (Å²) in [6.45, 7) is 23.2. The number of carbonyl (C=O) groups is 3. The zero-order chi connectivity index (χ0) is 61.3. The van der Waals surface area contributed by atoms with E-state index < -0.39 is 170 Å². The summed E-state index contributed by atoms with van der Waals surface area (Å²) >= 11 is 0. The molecule has 0 aromatic carbocycles. The molecule has 468 valence electrons. The standard InChI is InChI=1S/C41H64O7.C18H30O16/c1-13-23(3)34(45)47-32-33(48-35(46)24(4)14-2)41(22-42)27(21-36(32,6)7)26-15-16-29-38(10)19-17-25(5)37(8,9)28(38)18-20-39(29,11)40(26,12)30(43)31(41)44;1-29-18-14(34-17-10(25)8(23)6(21)4(2-19)30-17)12(11(26)13(33-18)15(27)28)32-16-9(24)7(22)5(3-20)31-16/h13-15,25,27-33,42-44H,16-22H2,1-12H3;4-14,16-26H,2-3H2,1H3,(H,27,28)/b23-13-,24-14-;/t25-,27?,28?,29?,30-,31+,32-,33-,38-,39+,40-,41-;4?,5-,6-,7?,8+,9-,10?,11-,12+,13?,14?,16-,17-,18+/m00/s1. The number of hydrogen-bond acceptors (Lipinski definition) is 22. The molecule has 8 rings (SSSR count). The van der Waals surface area contributed by atoms with Crippen molar-refractivity contribution in [1.82, 2.24) is 0 Å². The van der Waals surface area contributed by atoms with Crippen LogP contribution in [0.5, 0.6) is 0 Å². The van der Waals surface area contributed by atoms with Crippen LogP contribution in [0.25, 0.3) is 0 Å². The highest BCUT2D eigenvalue weighted by molar-refractivity contribution is 5.89. The molecule has 0 bridgehead atoms. The number of ether oxygens (including phenoxy) is 8. The molecular formula is C59H94O23. The molecule has 0 aromatic rings. The van der Waals surface area contributed by atoms with E-state index in [1.165, 1.54) is 6.42 Å². The van der Waals surface area contributed by atoms with Gasteiger partial charge < -0.3 is 99.2 Å². The van der Waals surface area contributed by atoms with Gasteiger partial charge in [0.1, 0.15) is 67.1 Å². The van der Waals surface area contributed by atoms with Crippen LogP contribution in [0.1, 0.15) is 122 Å². The maximum absolute atomic E-state index is 13.5. The normalized spacial score (nSPS) is 47.9. The predicted octanol–water partition coefficient (Wildman–Crippen LogP) is 1.15. The number of carbonyl (C=O) groups excluding carboxylic acids is 2. The second kappa shape index (κ2) is 24.6. The summed E-state index contributed by atoms with van der Waals surface area (Å²) in [6, 6.07) is 0. The van der Waals surface area contributed by atoms with Gasteiger partial charge in [-0.1, -0.05) is 79.2 Å². The van der Waals surface area contributed by atoms with Crippen LogP contribution in [0, 0.1) is 56.2 Å². The second-order valence-corrected chi connectivity index (χ2v) is 26.5. The Morgan fingerprint density at radius 2 is 1.18 bits per heavy atom. The molecule has 3 saturated heterocycles. The van der Waals surface area contributed by atoms with Crippen molar-refractivity contribution in [1.29, 1.82) is 0 Å². The third-order valence-electron chi connectivity index (χ3n) is 21.9. The summed E-state index contributed by atoms with van der Waals surface area (Å²) < 4.78 is 44.4. The molecule has 3 aliphatic heterocycles. The monoisotopic (exact) mass is 1170 g/mol. The number of hydrogen-bond donors (Lipinski definition) is 12. The quantitative estimate of drug-likeness (QED) is 0.0699. The highest BCUT2D eigenvalue weighted by atomic mass is 16.8. The third kappa shape index (κ3) is 10.8. The number of aliphatic hydroxyl groups excluding tert-OH is 11. The van der Waals surface area contributed by atoms with E-state index in [4.69, 9.17) is 37.9 Å². The van der Waals surface area contributed by atoms with Crippen molar-refractivity contribution in [3.8, 4) is 0 Å². The Morgan fingerprint density at radius 1 is 0.659 bits per heavy atom. The van der Waals surface area contributed by atoms with E-state index in [-0.39, 0.29) is 16.2 Å². The largest absolute Gasteiger partial charge is 0.479 e. The number of carboxylic acid groups (broad SMARTS) is 1. The van der Waals surface area contributed by atoms with E-state index in [1.54, 1.807) is 39.8 Å². The number of methoxy groups -OCH3 is 1. The van der Waals surface area contributed by atoms with Gasteiger partial charge in [-0.05, 0) is 106 Å². The highest BCUT2D eigenvalue weighted by Crippen LogP contribution is 2.76.